The number of alkyl halides is 2. The summed E-state index contributed by atoms with van der Waals surface area (Å²) in [6.07, 6.45) is 1.66. The average molecular weight is 378 g/mol. The number of para-hydroxylation sites is 3. The Kier molecular flexibility index (Phi) is 5.18. The Hall–Kier alpha value is -2.93. The zero-order valence-corrected chi connectivity index (χ0v) is 14.4. The molecule has 0 radical (unpaired) electrons. The molecule has 0 aliphatic rings. The fourth-order valence-electron chi connectivity index (χ4n) is 2.40. The van der Waals surface area contributed by atoms with Crippen LogP contribution in [0.1, 0.15) is 16.1 Å². The van der Waals surface area contributed by atoms with E-state index in [2.05, 4.69) is 15.2 Å². The number of carbonyl (C=O) groups is 1. The van der Waals surface area contributed by atoms with Gasteiger partial charge in [0.1, 0.15) is 5.75 Å². The van der Waals surface area contributed by atoms with Crippen LogP contribution in [0.25, 0.3) is 5.69 Å². The molecule has 26 heavy (non-hydrogen) atoms. The van der Waals surface area contributed by atoms with Gasteiger partial charge in [-0.3, -0.25) is 4.79 Å². The monoisotopic (exact) mass is 377 g/mol. The number of aryl methyl sites for hydroxylation is 1. The predicted octanol–water partition coefficient (Wildman–Crippen LogP) is 4.69. The highest BCUT2D eigenvalue weighted by Gasteiger charge is 2.18. The number of ether oxygens (including phenoxy) is 1. The number of nitrogens with one attached hydrogen (secondary N) is 1. The molecule has 2 aromatic carbocycles. The zero-order chi connectivity index (χ0) is 18.7. The van der Waals surface area contributed by atoms with Gasteiger partial charge in [0.2, 0.25) is 0 Å². The number of benzene rings is 2. The highest BCUT2D eigenvalue weighted by atomic mass is 35.5. The highest BCUT2D eigenvalue weighted by molar-refractivity contribution is 6.32. The molecule has 3 rings (SSSR count). The van der Waals surface area contributed by atoms with Crippen molar-refractivity contribution in [2.24, 2.45) is 0 Å². The van der Waals surface area contributed by atoms with Crippen LogP contribution < -0.4 is 10.1 Å². The lowest BCUT2D eigenvalue weighted by Gasteiger charge is -2.11. The van der Waals surface area contributed by atoms with E-state index >= 15 is 0 Å². The van der Waals surface area contributed by atoms with Crippen molar-refractivity contribution in [3.8, 4) is 11.4 Å². The Morgan fingerprint density at radius 2 is 1.88 bits per heavy atom. The number of halogens is 3. The van der Waals surface area contributed by atoms with E-state index in [1.165, 1.54) is 22.9 Å². The third-order valence-corrected chi connectivity index (χ3v) is 3.88. The molecular weight excluding hydrogens is 364 g/mol. The minimum atomic E-state index is -2.99. The normalized spacial score (nSPS) is 10.8. The molecule has 5 nitrogen and oxygen atoms in total. The Morgan fingerprint density at radius 1 is 1.19 bits per heavy atom. The van der Waals surface area contributed by atoms with Crippen LogP contribution in [-0.2, 0) is 0 Å². The molecule has 1 heterocycles. The molecule has 8 heteroatoms. The summed E-state index contributed by atoms with van der Waals surface area (Å²) in [6, 6.07) is 13.0. The van der Waals surface area contributed by atoms with Gasteiger partial charge in [0, 0.05) is 11.8 Å². The maximum absolute atomic E-state index is 12.5. The molecule has 0 spiro atoms. The maximum atomic E-state index is 12.5. The third-order valence-electron chi connectivity index (χ3n) is 3.56. The van der Waals surface area contributed by atoms with Crippen molar-refractivity contribution in [2.75, 3.05) is 5.32 Å². The van der Waals surface area contributed by atoms with Crippen LogP contribution in [0, 0.1) is 6.92 Å². The third kappa shape index (κ3) is 3.83. The summed E-state index contributed by atoms with van der Waals surface area (Å²) in [7, 11) is 0. The second-order valence-corrected chi connectivity index (χ2v) is 5.79. The molecule has 0 bridgehead atoms. The minimum Gasteiger partial charge on any atom is -0.433 e. The molecule has 134 valence electrons. The fraction of sp³-hybridized carbons (Fsp3) is 0.111. The van der Waals surface area contributed by atoms with Crippen LogP contribution >= 0.6 is 11.6 Å². The number of aromatic nitrogens is 2. The van der Waals surface area contributed by atoms with Crippen LogP contribution in [0.2, 0.25) is 5.02 Å². The van der Waals surface area contributed by atoms with Gasteiger partial charge in [0.15, 0.2) is 5.69 Å². The summed E-state index contributed by atoms with van der Waals surface area (Å²) in [5.41, 5.74) is 1.51. The molecule has 0 atom stereocenters. The second kappa shape index (κ2) is 7.53. The van der Waals surface area contributed by atoms with E-state index in [-0.39, 0.29) is 17.1 Å². The lowest BCUT2D eigenvalue weighted by molar-refractivity contribution is -0.0493. The van der Waals surface area contributed by atoms with Crippen molar-refractivity contribution in [1.29, 1.82) is 0 Å². The summed E-state index contributed by atoms with van der Waals surface area (Å²) in [5, 5.41) is 7.29. The SMILES string of the molecule is Cc1cn(-c2ccccc2Cl)nc1C(=O)Nc1ccccc1OC(F)F. The molecule has 0 unspecified atom stereocenters. The summed E-state index contributed by atoms with van der Waals surface area (Å²) < 4.78 is 30.9. The molecule has 1 aromatic heterocycles. The predicted molar refractivity (Wildman–Crippen MR) is 94.3 cm³/mol. The Morgan fingerprint density at radius 3 is 2.62 bits per heavy atom. The van der Waals surface area contributed by atoms with Crippen LogP contribution in [-0.4, -0.2) is 22.3 Å². The summed E-state index contributed by atoms with van der Waals surface area (Å²) >= 11 is 6.15. The molecule has 0 saturated carbocycles. The first-order chi connectivity index (χ1) is 12.5. The van der Waals surface area contributed by atoms with Gasteiger partial charge in [-0.25, -0.2) is 4.68 Å². The summed E-state index contributed by atoms with van der Waals surface area (Å²) in [5.74, 6) is -0.669. The van der Waals surface area contributed by atoms with Crippen molar-refractivity contribution in [3.63, 3.8) is 0 Å². The van der Waals surface area contributed by atoms with Crippen molar-refractivity contribution < 1.29 is 18.3 Å². The van der Waals surface area contributed by atoms with Gasteiger partial charge in [-0.15, -0.1) is 0 Å². The van der Waals surface area contributed by atoms with E-state index < -0.39 is 12.5 Å². The minimum absolute atomic E-state index is 0.126. The van der Waals surface area contributed by atoms with E-state index in [1.54, 1.807) is 43.5 Å². The van der Waals surface area contributed by atoms with Gasteiger partial charge in [-0.05, 0) is 31.2 Å². The first-order valence-corrected chi connectivity index (χ1v) is 8.00. The van der Waals surface area contributed by atoms with Crippen molar-refractivity contribution in [1.82, 2.24) is 9.78 Å². The topological polar surface area (TPSA) is 56.2 Å². The molecule has 0 aliphatic carbocycles. The number of rotatable bonds is 5. The van der Waals surface area contributed by atoms with Crippen LogP contribution in [0.4, 0.5) is 14.5 Å². The van der Waals surface area contributed by atoms with Gasteiger partial charge in [-0.2, -0.15) is 13.9 Å². The standard InChI is InChI=1S/C18H14ClF2N3O2/c1-11-10-24(14-8-4-2-6-12(14)19)23-16(11)17(25)22-13-7-3-5-9-15(13)26-18(20)21/h2-10,18H,1H3,(H,22,25). The van der Waals surface area contributed by atoms with Crippen LogP contribution in [0.5, 0.6) is 5.75 Å². The molecule has 1 N–H and O–H groups in total. The number of amides is 1. The fourth-order valence-corrected chi connectivity index (χ4v) is 2.62. The highest BCUT2D eigenvalue weighted by Crippen LogP contribution is 2.26. The molecule has 1 amide bonds. The van der Waals surface area contributed by atoms with Crippen LogP contribution in [0.3, 0.4) is 0 Å². The van der Waals surface area contributed by atoms with Crippen molar-refractivity contribution >= 4 is 23.2 Å². The summed E-state index contributed by atoms with van der Waals surface area (Å²) in [6.45, 7) is -1.27. The number of anilines is 1. The Bertz CT molecular complexity index is 944. The van der Waals surface area contributed by atoms with Crippen LogP contribution in [0.15, 0.2) is 54.7 Å². The van der Waals surface area contributed by atoms with E-state index in [0.29, 0.717) is 16.3 Å². The number of hydrogen-bond acceptors (Lipinski definition) is 3. The number of carbonyl (C=O) groups excluding carboxylic acids is 1. The lowest BCUT2D eigenvalue weighted by atomic mass is 10.2. The first-order valence-electron chi connectivity index (χ1n) is 7.62. The maximum Gasteiger partial charge on any atom is 0.387 e. The quantitative estimate of drug-likeness (QED) is 0.702. The molecule has 3 aromatic rings. The second-order valence-electron chi connectivity index (χ2n) is 5.39. The van der Waals surface area contributed by atoms with E-state index in [0.717, 1.165) is 0 Å². The van der Waals surface area contributed by atoms with Gasteiger partial charge >= 0.3 is 6.61 Å². The van der Waals surface area contributed by atoms with Gasteiger partial charge in [0.05, 0.1) is 16.4 Å². The van der Waals surface area contributed by atoms with Gasteiger partial charge in [0.25, 0.3) is 5.91 Å². The molecule has 0 saturated heterocycles. The zero-order valence-electron chi connectivity index (χ0n) is 13.6. The van der Waals surface area contributed by atoms with Gasteiger partial charge < -0.3 is 10.1 Å². The molecule has 0 fully saturated rings. The van der Waals surface area contributed by atoms with Crippen molar-refractivity contribution in [3.05, 3.63) is 71.0 Å². The Labute approximate surface area is 153 Å². The smallest absolute Gasteiger partial charge is 0.387 e. The van der Waals surface area contributed by atoms with E-state index in [4.69, 9.17) is 11.6 Å². The van der Waals surface area contributed by atoms with Crippen molar-refractivity contribution in [2.45, 2.75) is 13.5 Å². The first kappa shape index (κ1) is 17.9. The van der Waals surface area contributed by atoms with Gasteiger partial charge in [-0.1, -0.05) is 35.9 Å². The van der Waals surface area contributed by atoms with E-state index in [9.17, 15) is 13.6 Å². The molecular formula is C18H14ClF2N3O2. The summed E-state index contributed by atoms with van der Waals surface area (Å²) in [4.78, 5) is 12.5. The number of nitrogens with zero attached hydrogens (tertiary/aromatic N) is 2. The molecule has 0 aliphatic heterocycles. The largest absolute Gasteiger partial charge is 0.433 e. The Balaban J connectivity index is 1.87. The van der Waals surface area contributed by atoms with E-state index in [1.807, 2.05) is 0 Å². The number of hydrogen-bond donors (Lipinski definition) is 1. The average Bonchev–Trinajstić information content (AvgIpc) is 2.98. The lowest BCUT2D eigenvalue weighted by Crippen LogP contribution is -2.15.